The highest BCUT2D eigenvalue weighted by atomic mass is 79.9. The Morgan fingerprint density at radius 3 is 2.19 bits per heavy atom. The topological polar surface area (TPSA) is 70.6 Å². The molecule has 2 N–H and O–H groups in total. The molecule has 4 bridgehead atoms. The fourth-order valence-corrected chi connectivity index (χ4v) is 5.95. The van der Waals surface area contributed by atoms with E-state index in [-0.39, 0.29) is 23.8 Å². The fourth-order valence-electron chi connectivity index (χ4n) is 5.69. The first kappa shape index (κ1) is 18.7. The minimum atomic E-state index is -0.275. The lowest BCUT2D eigenvalue weighted by Gasteiger charge is -2.56. The SMILES string of the molecule is C/C(CC(=O)NC12CC3CC(CC(C3)C1)C2)=N\NC(=O)c1ccc(Br)cc1. The smallest absolute Gasteiger partial charge is 0.271 e. The average molecular weight is 432 g/mol. The van der Waals surface area contributed by atoms with Gasteiger partial charge in [-0.1, -0.05) is 15.9 Å². The largest absolute Gasteiger partial charge is 0.350 e. The molecule has 0 aliphatic heterocycles. The highest BCUT2D eigenvalue weighted by molar-refractivity contribution is 9.10. The summed E-state index contributed by atoms with van der Waals surface area (Å²) in [5, 5.41) is 7.45. The third-order valence-corrected chi connectivity index (χ3v) is 6.84. The Labute approximate surface area is 168 Å². The number of halogens is 1. The number of hydrazone groups is 1. The van der Waals surface area contributed by atoms with E-state index in [4.69, 9.17) is 0 Å². The molecule has 5 nitrogen and oxygen atoms in total. The van der Waals surface area contributed by atoms with Gasteiger partial charge in [-0.3, -0.25) is 9.59 Å². The van der Waals surface area contributed by atoms with Crippen molar-refractivity contribution >= 4 is 33.5 Å². The summed E-state index contributed by atoms with van der Waals surface area (Å²) in [6, 6.07) is 7.07. The molecule has 1 aromatic carbocycles. The maximum Gasteiger partial charge on any atom is 0.271 e. The van der Waals surface area contributed by atoms with Crippen LogP contribution in [-0.4, -0.2) is 23.1 Å². The van der Waals surface area contributed by atoms with Crippen molar-refractivity contribution in [3.8, 4) is 0 Å². The predicted molar refractivity (Wildman–Crippen MR) is 108 cm³/mol. The molecular formula is C21H26BrN3O2. The molecule has 0 radical (unpaired) electrons. The van der Waals surface area contributed by atoms with Gasteiger partial charge in [-0.05, 0) is 87.5 Å². The van der Waals surface area contributed by atoms with Crippen LogP contribution in [-0.2, 0) is 4.79 Å². The molecule has 5 rings (SSSR count). The minimum absolute atomic E-state index is 0.0206. The second-order valence-electron chi connectivity index (χ2n) is 8.72. The van der Waals surface area contributed by atoms with Gasteiger partial charge in [0.25, 0.3) is 5.91 Å². The Balaban J connectivity index is 1.31. The van der Waals surface area contributed by atoms with E-state index in [1.165, 1.54) is 19.3 Å². The van der Waals surface area contributed by atoms with Crippen LogP contribution in [0.15, 0.2) is 33.8 Å². The standard InChI is InChI=1S/C21H26BrN3O2/c1-13(24-25-20(27)17-2-4-18(22)5-3-17)6-19(26)23-21-10-14-7-15(11-21)9-16(8-14)12-21/h2-5,14-16H,6-12H2,1H3,(H,23,26)(H,25,27)/b24-13+. The summed E-state index contributed by atoms with van der Waals surface area (Å²) >= 11 is 3.35. The number of benzene rings is 1. The van der Waals surface area contributed by atoms with Gasteiger partial charge in [-0.2, -0.15) is 5.10 Å². The first-order valence-corrected chi connectivity index (χ1v) is 10.6. The van der Waals surface area contributed by atoms with Gasteiger partial charge >= 0.3 is 0 Å². The van der Waals surface area contributed by atoms with Crippen molar-refractivity contribution in [2.75, 3.05) is 0 Å². The van der Waals surface area contributed by atoms with Gasteiger partial charge in [0.2, 0.25) is 5.91 Å². The lowest BCUT2D eigenvalue weighted by molar-refractivity contribution is -0.125. The van der Waals surface area contributed by atoms with Crippen LogP contribution in [0, 0.1) is 17.8 Å². The van der Waals surface area contributed by atoms with Crippen molar-refractivity contribution in [2.24, 2.45) is 22.9 Å². The number of hydrogen-bond acceptors (Lipinski definition) is 3. The Kier molecular flexibility index (Phi) is 5.10. The van der Waals surface area contributed by atoms with Gasteiger partial charge in [0.05, 0.1) is 6.42 Å². The van der Waals surface area contributed by atoms with Crippen molar-refractivity contribution < 1.29 is 9.59 Å². The molecule has 6 heteroatoms. The molecule has 0 heterocycles. The molecule has 0 spiro atoms. The molecule has 4 saturated carbocycles. The third-order valence-electron chi connectivity index (χ3n) is 6.31. The molecule has 4 aliphatic rings. The highest BCUT2D eigenvalue weighted by Gasteiger charge is 2.51. The maximum absolute atomic E-state index is 12.6. The average Bonchev–Trinajstić information content (AvgIpc) is 2.58. The van der Waals surface area contributed by atoms with Gasteiger partial charge in [0.1, 0.15) is 0 Å². The Bertz CT molecular complexity index is 737. The van der Waals surface area contributed by atoms with Gasteiger partial charge in [-0.15, -0.1) is 0 Å². The van der Waals surface area contributed by atoms with Crippen LogP contribution in [0.25, 0.3) is 0 Å². The lowest BCUT2D eigenvalue weighted by Crippen LogP contribution is -2.60. The van der Waals surface area contributed by atoms with E-state index in [2.05, 4.69) is 31.8 Å². The number of nitrogens with one attached hydrogen (secondary N) is 2. The minimum Gasteiger partial charge on any atom is -0.350 e. The van der Waals surface area contributed by atoms with Crippen molar-refractivity contribution in [3.63, 3.8) is 0 Å². The molecule has 27 heavy (non-hydrogen) atoms. The summed E-state index contributed by atoms with van der Waals surface area (Å²) in [6.07, 6.45) is 7.72. The van der Waals surface area contributed by atoms with Crippen molar-refractivity contribution in [1.82, 2.24) is 10.7 Å². The summed E-state index contributed by atoms with van der Waals surface area (Å²) < 4.78 is 0.917. The predicted octanol–water partition coefficient (Wildman–Crippen LogP) is 4.03. The van der Waals surface area contributed by atoms with E-state index in [1.54, 1.807) is 19.1 Å². The van der Waals surface area contributed by atoms with Crippen molar-refractivity contribution in [2.45, 2.75) is 57.4 Å². The van der Waals surface area contributed by atoms with Crippen molar-refractivity contribution in [3.05, 3.63) is 34.3 Å². The number of rotatable bonds is 5. The maximum atomic E-state index is 12.6. The zero-order valence-electron chi connectivity index (χ0n) is 15.6. The Morgan fingerprint density at radius 1 is 1.07 bits per heavy atom. The van der Waals surface area contributed by atoms with E-state index in [1.807, 2.05) is 12.1 Å². The normalized spacial score (nSPS) is 31.6. The summed E-state index contributed by atoms with van der Waals surface area (Å²) in [5.74, 6) is 2.16. The molecule has 144 valence electrons. The van der Waals surface area contributed by atoms with Crippen LogP contribution in [0.5, 0.6) is 0 Å². The van der Waals surface area contributed by atoms with Crippen LogP contribution in [0.1, 0.15) is 62.2 Å². The van der Waals surface area contributed by atoms with E-state index in [9.17, 15) is 9.59 Å². The molecule has 0 unspecified atom stereocenters. The second kappa shape index (κ2) is 7.38. The van der Waals surface area contributed by atoms with Crippen LogP contribution in [0.3, 0.4) is 0 Å². The molecule has 4 aliphatic carbocycles. The fraction of sp³-hybridized carbons (Fsp3) is 0.571. The first-order valence-electron chi connectivity index (χ1n) is 9.81. The molecule has 0 saturated heterocycles. The number of carbonyl (C=O) groups is 2. The number of nitrogens with zero attached hydrogens (tertiary/aromatic N) is 1. The Morgan fingerprint density at radius 2 is 1.63 bits per heavy atom. The number of amides is 2. The van der Waals surface area contributed by atoms with Crippen LogP contribution in [0.2, 0.25) is 0 Å². The molecule has 1 aromatic rings. The molecule has 4 fully saturated rings. The quantitative estimate of drug-likeness (QED) is 0.545. The van der Waals surface area contributed by atoms with Gasteiger partial charge < -0.3 is 5.32 Å². The second-order valence-corrected chi connectivity index (χ2v) is 9.63. The summed E-state index contributed by atoms with van der Waals surface area (Å²) in [4.78, 5) is 24.7. The third kappa shape index (κ3) is 4.26. The molecule has 0 atom stereocenters. The van der Waals surface area contributed by atoms with E-state index in [0.717, 1.165) is 41.5 Å². The monoisotopic (exact) mass is 431 g/mol. The van der Waals surface area contributed by atoms with E-state index < -0.39 is 0 Å². The van der Waals surface area contributed by atoms with Crippen LogP contribution in [0.4, 0.5) is 0 Å². The molecular weight excluding hydrogens is 406 g/mol. The zero-order chi connectivity index (χ0) is 19.0. The summed E-state index contributed by atoms with van der Waals surface area (Å²) in [7, 11) is 0. The Hall–Kier alpha value is -1.69. The van der Waals surface area contributed by atoms with E-state index in [0.29, 0.717) is 11.3 Å². The zero-order valence-corrected chi connectivity index (χ0v) is 17.2. The molecule has 0 aromatic heterocycles. The lowest BCUT2D eigenvalue weighted by atomic mass is 9.53. The number of hydrogen-bond donors (Lipinski definition) is 2. The molecule has 2 amide bonds. The summed E-state index contributed by atoms with van der Waals surface area (Å²) in [5.41, 5.74) is 3.71. The van der Waals surface area contributed by atoms with Crippen LogP contribution >= 0.6 is 15.9 Å². The first-order chi connectivity index (χ1) is 12.9. The number of carbonyl (C=O) groups excluding carboxylic acids is 2. The van der Waals surface area contributed by atoms with Gasteiger partial charge in [0, 0.05) is 21.3 Å². The summed E-state index contributed by atoms with van der Waals surface area (Å²) in [6.45, 7) is 1.78. The van der Waals surface area contributed by atoms with Gasteiger partial charge in [0.15, 0.2) is 0 Å². The highest BCUT2D eigenvalue weighted by Crippen LogP contribution is 2.55. The van der Waals surface area contributed by atoms with Gasteiger partial charge in [-0.25, -0.2) is 5.43 Å². The van der Waals surface area contributed by atoms with Crippen LogP contribution < -0.4 is 10.7 Å². The van der Waals surface area contributed by atoms with E-state index >= 15 is 0 Å². The van der Waals surface area contributed by atoms with Crippen molar-refractivity contribution in [1.29, 1.82) is 0 Å².